The fourth-order valence-corrected chi connectivity index (χ4v) is 1.93. The van der Waals surface area contributed by atoms with Gasteiger partial charge in [0.1, 0.15) is 12.7 Å². The third-order valence-corrected chi connectivity index (χ3v) is 3.07. The molecular formula is C9H16N4. The molecule has 2 unspecified atom stereocenters. The Balaban J connectivity index is 1.81. The molecule has 13 heavy (non-hydrogen) atoms. The summed E-state index contributed by atoms with van der Waals surface area (Å²) in [6.07, 6.45) is 6.92. The summed E-state index contributed by atoms with van der Waals surface area (Å²) < 4.78 is 1.99. The van der Waals surface area contributed by atoms with Gasteiger partial charge in [0.25, 0.3) is 0 Å². The van der Waals surface area contributed by atoms with Gasteiger partial charge in [-0.2, -0.15) is 0 Å². The van der Waals surface area contributed by atoms with E-state index in [1.165, 1.54) is 12.8 Å². The average Bonchev–Trinajstić information content (AvgIpc) is 2.60. The second kappa shape index (κ2) is 3.10. The van der Waals surface area contributed by atoms with Crippen molar-refractivity contribution in [3.05, 3.63) is 12.7 Å². The molecule has 1 saturated carbocycles. The minimum absolute atomic E-state index is 0.110. The van der Waals surface area contributed by atoms with Crippen molar-refractivity contribution < 1.29 is 0 Å². The zero-order chi connectivity index (χ0) is 9.31. The quantitative estimate of drug-likeness (QED) is 0.745. The fourth-order valence-electron chi connectivity index (χ4n) is 1.93. The summed E-state index contributed by atoms with van der Waals surface area (Å²) >= 11 is 0. The molecule has 1 aromatic rings. The Kier molecular flexibility index (Phi) is 2.07. The molecule has 2 atom stereocenters. The van der Waals surface area contributed by atoms with Crippen LogP contribution in [0, 0.1) is 5.92 Å². The standard InChI is InChI=1S/C9H16N4/c1-2-8-5-9(8,10)3-4-13-6-11-12-7-13/h6-8H,2-5,10H2,1H3. The molecular weight excluding hydrogens is 164 g/mol. The summed E-state index contributed by atoms with van der Waals surface area (Å²) in [5, 5.41) is 7.51. The van der Waals surface area contributed by atoms with E-state index in [1.54, 1.807) is 12.7 Å². The molecule has 1 aromatic heterocycles. The number of nitrogens with two attached hydrogens (primary N) is 1. The van der Waals surface area contributed by atoms with Crippen LogP contribution in [0.4, 0.5) is 0 Å². The van der Waals surface area contributed by atoms with Crippen LogP contribution in [-0.2, 0) is 6.54 Å². The first-order chi connectivity index (χ1) is 6.24. The van der Waals surface area contributed by atoms with Crippen molar-refractivity contribution in [2.24, 2.45) is 11.7 Å². The number of hydrogen-bond acceptors (Lipinski definition) is 3. The molecule has 0 saturated heterocycles. The first kappa shape index (κ1) is 8.69. The average molecular weight is 180 g/mol. The van der Waals surface area contributed by atoms with Gasteiger partial charge < -0.3 is 10.3 Å². The van der Waals surface area contributed by atoms with Crippen molar-refractivity contribution in [2.45, 2.75) is 38.3 Å². The van der Waals surface area contributed by atoms with E-state index in [0.717, 1.165) is 18.9 Å². The van der Waals surface area contributed by atoms with Crippen molar-refractivity contribution in [3.63, 3.8) is 0 Å². The van der Waals surface area contributed by atoms with Gasteiger partial charge in [0, 0.05) is 12.1 Å². The highest BCUT2D eigenvalue weighted by molar-refractivity contribution is 5.06. The Morgan fingerprint density at radius 2 is 2.23 bits per heavy atom. The van der Waals surface area contributed by atoms with Crippen molar-refractivity contribution in [2.75, 3.05) is 0 Å². The van der Waals surface area contributed by atoms with Gasteiger partial charge in [-0.05, 0) is 18.8 Å². The van der Waals surface area contributed by atoms with Gasteiger partial charge in [-0.1, -0.05) is 13.3 Å². The van der Waals surface area contributed by atoms with E-state index < -0.39 is 0 Å². The van der Waals surface area contributed by atoms with Crippen LogP contribution in [0.1, 0.15) is 26.2 Å². The van der Waals surface area contributed by atoms with Crippen LogP contribution in [0.15, 0.2) is 12.7 Å². The van der Waals surface area contributed by atoms with Gasteiger partial charge >= 0.3 is 0 Å². The van der Waals surface area contributed by atoms with Crippen LogP contribution in [0.25, 0.3) is 0 Å². The van der Waals surface area contributed by atoms with Crippen LogP contribution in [-0.4, -0.2) is 20.3 Å². The van der Waals surface area contributed by atoms with Crippen LogP contribution in [0.3, 0.4) is 0 Å². The maximum atomic E-state index is 6.16. The van der Waals surface area contributed by atoms with Gasteiger partial charge in [-0.25, -0.2) is 0 Å². The first-order valence-electron chi connectivity index (χ1n) is 4.86. The molecule has 1 fully saturated rings. The van der Waals surface area contributed by atoms with Crippen molar-refractivity contribution in [1.29, 1.82) is 0 Å². The Bertz CT molecular complexity index is 269. The molecule has 0 aliphatic heterocycles. The monoisotopic (exact) mass is 180 g/mol. The van der Waals surface area contributed by atoms with E-state index in [9.17, 15) is 0 Å². The Hall–Kier alpha value is -0.900. The zero-order valence-corrected chi connectivity index (χ0v) is 7.98. The highest BCUT2D eigenvalue weighted by atomic mass is 15.2. The summed E-state index contributed by atoms with van der Waals surface area (Å²) in [4.78, 5) is 0. The van der Waals surface area contributed by atoms with Gasteiger partial charge in [0.15, 0.2) is 0 Å². The lowest BCUT2D eigenvalue weighted by molar-refractivity contribution is 0.489. The molecule has 0 spiro atoms. The van der Waals surface area contributed by atoms with E-state index in [1.807, 2.05) is 4.57 Å². The minimum atomic E-state index is 0.110. The largest absolute Gasteiger partial charge is 0.325 e. The molecule has 2 N–H and O–H groups in total. The van der Waals surface area contributed by atoms with E-state index in [2.05, 4.69) is 17.1 Å². The van der Waals surface area contributed by atoms with Crippen molar-refractivity contribution in [1.82, 2.24) is 14.8 Å². The molecule has 2 rings (SSSR count). The van der Waals surface area contributed by atoms with E-state index in [4.69, 9.17) is 5.73 Å². The number of aromatic nitrogens is 3. The molecule has 4 nitrogen and oxygen atoms in total. The summed E-state index contributed by atoms with van der Waals surface area (Å²) in [7, 11) is 0. The van der Waals surface area contributed by atoms with Gasteiger partial charge in [0.2, 0.25) is 0 Å². The van der Waals surface area contributed by atoms with E-state index >= 15 is 0 Å². The fraction of sp³-hybridized carbons (Fsp3) is 0.778. The van der Waals surface area contributed by atoms with Crippen molar-refractivity contribution >= 4 is 0 Å². The van der Waals surface area contributed by atoms with Crippen LogP contribution in [0.2, 0.25) is 0 Å². The molecule has 0 aromatic carbocycles. The molecule has 1 heterocycles. The van der Waals surface area contributed by atoms with E-state index in [-0.39, 0.29) is 5.54 Å². The Morgan fingerprint density at radius 1 is 1.54 bits per heavy atom. The maximum Gasteiger partial charge on any atom is 0.119 e. The van der Waals surface area contributed by atoms with Gasteiger partial charge in [-0.15, -0.1) is 10.2 Å². The van der Waals surface area contributed by atoms with Gasteiger partial charge in [0.05, 0.1) is 0 Å². The molecule has 1 aliphatic rings. The second-order valence-electron chi connectivity index (χ2n) is 3.99. The van der Waals surface area contributed by atoms with Gasteiger partial charge in [-0.3, -0.25) is 0 Å². The third-order valence-electron chi connectivity index (χ3n) is 3.07. The lowest BCUT2D eigenvalue weighted by Gasteiger charge is -2.10. The SMILES string of the molecule is CCC1CC1(N)CCn1cnnc1. The lowest BCUT2D eigenvalue weighted by Crippen LogP contribution is -2.26. The minimum Gasteiger partial charge on any atom is -0.325 e. The summed E-state index contributed by atoms with van der Waals surface area (Å²) in [5.74, 6) is 0.740. The van der Waals surface area contributed by atoms with Crippen LogP contribution >= 0.6 is 0 Å². The lowest BCUT2D eigenvalue weighted by atomic mass is 10.1. The van der Waals surface area contributed by atoms with Crippen molar-refractivity contribution in [3.8, 4) is 0 Å². The predicted molar refractivity (Wildman–Crippen MR) is 50.0 cm³/mol. The first-order valence-corrected chi connectivity index (χ1v) is 4.86. The Labute approximate surface area is 78.1 Å². The zero-order valence-electron chi connectivity index (χ0n) is 7.98. The van der Waals surface area contributed by atoms with Crippen LogP contribution in [0.5, 0.6) is 0 Å². The maximum absolute atomic E-state index is 6.16. The number of nitrogens with zero attached hydrogens (tertiary/aromatic N) is 3. The summed E-state index contributed by atoms with van der Waals surface area (Å²) in [5.41, 5.74) is 6.27. The summed E-state index contributed by atoms with van der Waals surface area (Å²) in [6.45, 7) is 3.15. The number of aryl methyl sites for hydroxylation is 1. The molecule has 0 amide bonds. The number of rotatable bonds is 4. The normalized spacial score (nSPS) is 32.0. The Morgan fingerprint density at radius 3 is 2.77 bits per heavy atom. The predicted octanol–water partition coefficient (Wildman–Crippen LogP) is 0.796. The van der Waals surface area contributed by atoms with E-state index in [0.29, 0.717) is 0 Å². The van der Waals surface area contributed by atoms with Crippen LogP contribution < -0.4 is 5.73 Å². The topological polar surface area (TPSA) is 56.7 Å². The molecule has 72 valence electrons. The molecule has 0 radical (unpaired) electrons. The summed E-state index contributed by atoms with van der Waals surface area (Å²) in [6, 6.07) is 0. The molecule has 0 bridgehead atoms. The smallest absolute Gasteiger partial charge is 0.119 e. The highest BCUT2D eigenvalue weighted by Crippen LogP contribution is 2.46. The number of hydrogen-bond donors (Lipinski definition) is 1. The second-order valence-corrected chi connectivity index (χ2v) is 3.99. The molecule has 4 heteroatoms. The highest BCUT2D eigenvalue weighted by Gasteiger charge is 2.48. The third kappa shape index (κ3) is 1.72. The molecule has 1 aliphatic carbocycles.